The summed E-state index contributed by atoms with van der Waals surface area (Å²) in [5, 5.41) is 0. The summed E-state index contributed by atoms with van der Waals surface area (Å²) in [7, 11) is 0. The molecule has 0 saturated heterocycles. The number of hydrogen-bond acceptors (Lipinski definition) is 1. The van der Waals surface area contributed by atoms with Gasteiger partial charge in [-0.3, -0.25) is 0 Å². The quantitative estimate of drug-likeness (QED) is 0.569. The van der Waals surface area contributed by atoms with Gasteiger partial charge in [0.15, 0.2) is 0 Å². The molecule has 0 spiro atoms. The second-order valence-corrected chi connectivity index (χ2v) is 4.51. The Morgan fingerprint density at radius 3 is 2.62 bits per heavy atom. The molecule has 0 aromatic rings. The van der Waals surface area contributed by atoms with Crippen molar-refractivity contribution in [3.8, 4) is 0 Å². The van der Waals surface area contributed by atoms with Crippen LogP contribution < -0.4 is 0 Å². The summed E-state index contributed by atoms with van der Waals surface area (Å²) in [6.45, 7) is 0. The average molecular weight is 192 g/mol. The van der Waals surface area contributed by atoms with E-state index >= 15 is 0 Å². The molecule has 0 bridgehead atoms. The van der Waals surface area contributed by atoms with Gasteiger partial charge < -0.3 is 0 Å². The second kappa shape index (κ2) is 4.19. The van der Waals surface area contributed by atoms with Crippen LogP contribution in [0.2, 0.25) is 0 Å². The molecule has 2 aliphatic rings. The molecule has 0 N–H and O–H groups in total. The van der Waals surface area contributed by atoms with Crippen molar-refractivity contribution in [3.05, 3.63) is 23.8 Å². The number of thiocarbonyl (C=S) groups is 1. The van der Waals surface area contributed by atoms with Crippen LogP contribution in [-0.2, 0) is 0 Å². The Kier molecular flexibility index (Phi) is 2.94. The molecule has 1 fully saturated rings. The first-order chi connectivity index (χ1) is 6.38. The van der Waals surface area contributed by atoms with E-state index in [4.69, 9.17) is 12.2 Å². The fourth-order valence-corrected chi connectivity index (χ4v) is 2.67. The zero-order valence-electron chi connectivity index (χ0n) is 7.96. The third-order valence-electron chi connectivity index (χ3n) is 3.08. The van der Waals surface area contributed by atoms with E-state index in [1.54, 1.807) is 0 Å². The molecule has 2 rings (SSSR count). The van der Waals surface area contributed by atoms with E-state index < -0.39 is 0 Å². The standard InChI is InChI=1S/C12H16S/c13-12-9-5-4-8-11(12)10-6-2-1-3-7-10/h4-5,8,10H,1-3,6-7,9H2. The van der Waals surface area contributed by atoms with Gasteiger partial charge in [0.2, 0.25) is 0 Å². The highest BCUT2D eigenvalue weighted by atomic mass is 32.1. The van der Waals surface area contributed by atoms with E-state index in [0.717, 1.165) is 12.3 Å². The largest absolute Gasteiger partial charge is 0.0843 e. The molecule has 0 radical (unpaired) electrons. The summed E-state index contributed by atoms with van der Waals surface area (Å²) >= 11 is 5.39. The lowest BCUT2D eigenvalue weighted by molar-refractivity contribution is 0.411. The Hall–Kier alpha value is -0.430. The van der Waals surface area contributed by atoms with Gasteiger partial charge in [0, 0.05) is 11.3 Å². The summed E-state index contributed by atoms with van der Waals surface area (Å²) < 4.78 is 0. The first-order valence-electron chi connectivity index (χ1n) is 5.28. The molecular formula is C12H16S. The predicted octanol–water partition coefficient (Wildman–Crippen LogP) is 3.82. The van der Waals surface area contributed by atoms with Gasteiger partial charge in [-0.15, -0.1) is 0 Å². The Morgan fingerprint density at radius 2 is 1.92 bits per heavy atom. The number of hydrogen-bond donors (Lipinski definition) is 0. The predicted molar refractivity (Wildman–Crippen MR) is 61.0 cm³/mol. The Bertz CT molecular complexity index is 254. The third kappa shape index (κ3) is 2.08. The minimum atomic E-state index is 0.784. The maximum Gasteiger partial charge on any atom is 0.0224 e. The van der Waals surface area contributed by atoms with E-state index in [1.807, 2.05) is 0 Å². The van der Waals surface area contributed by atoms with Gasteiger partial charge in [-0.05, 0) is 24.3 Å². The lowest BCUT2D eigenvalue weighted by Crippen LogP contribution is -2.15. The van der Waals surface area contributed by atoms with Gasteiger partial charge in [-0.1, -0.05) is 49.7 Å². The Morgan fingerprint density at radius 1 is 1.15 bits per heavy atom. The van der Waals surface area contributed by atoms with Crippen LogP contribution in [0.15, 0.2) is 23.8 Å². The third-order valence-corrected chi connectivity index (χ3v) is 3.48. The molecule has 0 heterocycles. The maximum absolute atomic E-state index is 5.39. The van der Waals surface area contributed by atoms with Crippen molar-refractivity contribution in [1.29, 1.82) is 0 Å². The van der Waals surface area contributed by atoms with Crippen molar-refractivity contribution < 1.29 is 0 Å². The minimum Gasteiger partial charge on any atom is -0.0843 e. The van der Waals surface area contributed by atoms with Gasteiger partial charge in [-0.2, -0.15) is 0 Å². The first-order valence-corrected chi connectivity index (χ1v) is 5.68. The molecule has 0 aliphatic heterocycles. The van der Waals surface area contributed by atoms with Crippen molar-refractivity contribution in [2.45, 2.75) is 38.5 Å². The summed E-state index contributed by atoms with van der Waals surface area (Å²) in [5.41, 5.74) is 1.47. The van der Waals surface area contributed by atoms with Crippen LogP contribution in [0.5, 0.6) is 0 Å². The van der Waals surface area contributed by atoms with E-state index in [9.17, 15) is 0 Å². The monoisotopic (exact) mass is 192 g/mol. The smallest absolute Gasteiger partial charge is 0.0224 e. The lowest BCUT2D eigenvalue weighted by atomic mass is 9.81. The number of allylic oxidation sites excluding steroid dienone is 4. The summed E-state index contributed by atoms with van der Waals surface area (Å²) in [6.07, 6.45) is 14.5. The van der Waals surface area contributed by atoms with E-state index in [1.165, 1.54) is 42.5 Å². The summed E-state index contributed by atoms with van der Waals surface area (Å²) in [5.74, 6) is 0.784. The van der Waals surface area contributed by atoms with Crippen LogP contribution >= 0.6 is 12.2 Å². The second-order valence-electron chi connectivity index (χ2n) is 4.01. The lowest BCUT2D eigenvalue weighted by Gasteiger charge is -2.25. The molecule has 1 heteroatoms. The van der Waals surface area contributed by atoms with Crippen LogP contribution in [0.4, 0.5) is 0 Å². The van der Waals surface area contributed by atoms with Gasteiger partial charge in [0.05, 0.1) is 0 Å². The minimum absolute atomic E-state index is 0.784. The number of rotatable bonds is 1. The van der Waals surface area contributed by atoms with Crippen molar-refractivity contribution in [3.63, 3.8) is 0 Å². The van der Waals surface area contributed by atoms with Crippen LogP contribution in [0.1, 0.15) is 38.5 Å². The van der Waals surface area contributed by atoms with Crippen molar-refractivity contribution in [2.75, 3.05) is 0 Å². The molecule has 0 nitrogen and oxygen atoms in total. The zero-order valence-corrected chi connectivity index (χ0v) is 8.78. The molecule has 0 amide bonds. The molecule has 2 aliphatic carbocycles. The molecule has 70 valence electrons. The highest BCUT2D eigenvalue weighted by molar-refractivity contribution is 7.80. The summed E-state index contributed by atoms with van der Waals surface area (Å²) in [6, 6.07) is 0. The SMILES string of the molecule is S=C1CC=CC=C1C1CCCCC1. The van der Waals surface area contributed by atoms with E-state index in [0.29, 0.717) is 0 Å². The van der Waals surface area contributed by atoms with Crippen LogP contribution in [0.3, 0.4) is 0 Å². The van der Waals surface area contributed by atoms with Gasteiger partial charge >= 0.3 is 0 Å². The fraction of sp³-hybridized carbons (Fsp3) is 0.583. The van der Waals surface area contributed by atoms with Gasteiger partial charge in [-0.25, -0.2) is 0 Å². The highest BCUT2D eigenvalue weighted by Gasteiger charge is 2.20. The van der Waals surface area contributed by atoms with E-state index in [2.05, 4.69) is 18.2 Å². The van der Waals surface area contributed by atoms with Crippen molar-refractivity contribution in [2.24, 2.45) is 5.92 Å². The van der Waals surface area contributed by atoms with Gasteiger partial charge in [0.25, 0.3) is 0 Å². The Labute approximate surface area is 85.7 Å². The molecule has 0 atom stereocenters. The van der Waals surface area contributed by atoms with Crippen LogP contribution in [-0.4, -0.2) is 4.86 Å². The average Bonchev–Trinajstić information content (AvgIpc) is 2.20. The molecule has 0 unspecified atom stereocenters. The van der Waals surface area contributed by atoms with Crippen molar-refractivity contribution in [1.82, 2.24) is 0 Å². The molecule has 13 heavy (non-hydrogen) atoms. The van der Waals surface area contributed by atoms with Crippen molar-refractivity contribution >= 4 is 17.1 Å². The van der Waals surface area contributed by atoms with Crippen LogP contribution in [0.25, 0.3) is 0 Å². The summed E-state index contributed by atoms with van der Waals surface area (Å²) in [4.78, 5) is 1.19. The first kappa shape index (κ1) is 9.14. The topological polar surface area (TPSA) is 0 Å². The van der Waals surface area contributed by atoms with E-state index in [-0.39, 0.29) is 0 Å². The van der Waals surface area contributed by atoms with Gasteiger partial charge in [0.1, 0.15) is 0 Å². The molecule has 0 aromatic heterocycles. The fourth-order valence-electron chi connectivity index (χ4n) is 2.33. The Balaban J connectivity index is 2.09. The maximum atomic E-state index is 5.39. The normalized spacial score (nSPS) is 24.6. The highest BCUT2D eigenvalue weighted by Crippen LogP contribution is 2.32. The van der Waals surface area contributed by atoms with Crippen LogP contribution in [0, 0.1) is 5.92 Å². The molecule has 0 aromatic carbocycles. The molecular weight excluding hydrogens is 176 g/mol. The zero-order chi connectivity index (χ0) is 9.10. The molecule has 1 saturated carbocycles.